The number of hydrogen-bond donors (Lipinski definition) is 3. The monoisotopic (exact) mass is 325 g/mol. The Morgan fingerprint density at radius 3 is 2.92 bits per heavy atom. The van der Waals surface area contributed by atoms with Crippen molar-refractivity contribution in [1.82, 2.24) is 15.6 Å². The van der Waals surface area contributed by atoms with Crippen molar-refractivity contribution in [3.63, 3.8) is 0 Å². The molecule has 1 aromatic heterocycles. The summed E-state index contributed by atoms with van der Waals surface area (Å²) in [5.74, 6) is 0.0883. The van der Waals surface area contributed by atoms with Gasteiger partial charge in [0.2, 0.25) is 5.91 Å². The van der Waals surface area contributed by atoms with Crippen molar-refractivity contribution in [3.8, 4) is 0 Å². The SMILES string of the molecule is O=C(CNCCc1c[nH]c2ccccc12)NCCC1=CCCCC1. The van der Waals surface area contributed by atoms with Gasteiger partial charge in [-0.3, -0.25) is 4.79 Å². The number of amides is 1. The lowest BCUT2D eigenvalue weighted by Crippen LogP contribution is -2.35. The molecule has 3 N–H and O–H groups in total. The van der Waals surface area contributed by atoms with Crippen LogP contribution in [0.4, 0.5) is 0 Å². The number of aromatic nitrogens is 1. The molecule has 0 radical (unpaired) electrons. The quantitative estimate of drug-likeness (QED) is 0.515. The summed E-state index contributed by atoms with van der Waals surface area (Å²) in [4.78, 5) is 15.1. The lowest BCUT2D eigenvalue weighted by molar-refractivity contribution is -0.120. The number of allylic oxidation sites excluding steroid dienone is 1. The van der Waals surface area contributed by atoms with E-state index in [0.29, 0.717) is 6.54 Å². The van der Waals surface area contributed by atoms with Crippen LogP contribution in [0.15, 0.2) is 42.1 Å². The molecule has 1 aliphatic carbocycles. The second-order valence-corrected chi connectivity index (χ2v) is 6.49. The number of hydrogen-bond acceptors (Lipinski definition) is 2. The van der Waals surface area contributed by atoms with Gasteiger partial charge in [0, 0.05) is 23.6 Å². The van der Waals surface area contributed by atoms with Crippen LogP contribution in [0.1, 0.15) is 37.7 Å². The van der Waals surface area contributed by atoms with Crippen LogP contribution in [0.2, 0.25) is 0 Å². The first-order valence-electron chi connectivity index (χ1n) is 9.03. The minimum atomic E-state index is 0.0883. The fourth-order valence-electron chi connectivity index (χ4n) is 3.32. The van der Waals surface area contributed by atoms with Crippen LogP contribution >= 0.6 is 0 Å². The summed E-state index contributed by atoms with van der Waals surface area (Å²) in [6.45, 7) is 1.95. The Morgan fingerprint density at radius 1 is 1.12 bits per heavy atom. The average molecular weight is 325 g/mol. The summed E-state index contributed by atoms with van der Waals surface area (Å²) < 4.78 is 0. The molecular formula is C20H27N3O. The maximum Gasteiger partial charge on any atom is 0.233 e. The van der Waals surface area contributed by atoms with Gasteiger partial charge >= 0.3 is 0 Å². The summed E-state index contributed by atoms with van der Waals surface area (Å²) in [6.07, 6.45) is 11.4. The van der Waals surface area contributed by atoms with Crippen LogP contribution in [0.5, 0.6) is 0 Å². The standard InChI is InChI=1S/C20H27N3O/c24-20(22-13-10-16-6-2-1-3-7-16)15-21-12-11-17-14-23-19-9-5-4-8-18(17)19/h4-6,8-9,14,21,23H,1-3,7,10-13,15H2,(H,22,24). The van der Waals surface area contributed by atoms with Crippen molar-refractivity contribution >= 4 is 16.8 Å². The molecule has 0 atom stereocenters. The molecule has 0 saturated carbocycles. The van der Waals surface area contributed by atoms with Crippen molar-refractivity contribution in [2.24, 2.45) is 0 Å². The van der Waals surface area contributed by atoms with Gasteiger partial charge in [-0.25, -0.2) is 0 Å². The fraction of sp³-hybridized carbons (Fsp3) is 0.450. The highest BCUT2D eigenvalue weighted by molar-refractivity contribution is 5.83. The van der Waals surface area contributed by atoms with Gasteiger partial charge in [-0.2, -0.15) is 0 Å². The first-order valence-corrected chi connectivity index (χ1v) is 9.03. The zero-order valence-electron chi connectivity index (χ0n) is 14.2. The number of para-hydroxylation sites is 1. The van der Waals surface area contributed by atoms with E-state index in [4.69, 9.17) is 0 Å². The van der Waals surface area contributed by atoms with E-state index in [0.717, 1.165) is 25.9 Å². The third-order valence-electron chi connectivity index (χ3n) is 4.68. The second kappa shape index (κ2) is 8.69. The first-order chi connectivity index (χ1) is 11.8. The molecule has 4 heteroatoms. The Hall–Kier alpha value is -2.07. The van der Waals surface area contributed by atoms with Crippen LogP contribution in [0.25, 0.3) is 10.9 Å². The number of carbonyl (C=O) groups is 1. The molecule has 0 fully saturated rings. The summed E-state index contributed by atoms with van der Waals surface area (Å²) in [5, 5.41) is 7.51. The van der Waals surface area contributed by atoms with Gasteiger partial charge in [-0.1, -0.05) is 29.8 Å². The smallest absolute Gasteiger partial charge is 0.233 e. The van der Waals surface area contributed by atoms with Crippen molar-refractivity contribution in [1.29, 1.82) is 0 Å². The highest BCUT2D eigenvalue weighted by atomic mass is 16.1. The van der Waals surface area contributed by atoms with Gasteiger partial charge in [0.15, 0.2) is 0 Å². The van der Waals surface area contributed by atoms with Crippen LogP contribution in [-0.2, 0) is 11.2 Å². The number of fused-ring (bicyclic) bond motifs is 1. The Balaban J connectivity index is 1.31. The molecule has 1 aromatic carbocycles. The predicted molar refractivity (Wildman–Crippen MR) is 99.1 cm³/mol. The van der Waals surface area contributed by atoms with Crippen molar-refractivity contribution in [2.75, 3.05) is 19.6 Å². The Bertz CT molecular complexity index is 702. The number of benzene rings is 1. The lowest BCUT2D eigenvalue weighted by Gasteiger charge is -2.13. The van der Waals surface area contributed by atoms with E-state index < -0.39 is 0 Å². The van der Waals surface area contributed by atoms with Gasteiger partial charge in [0.25, 0.3) is 0 Å². The molecule has 3 rings (SSSR count). The van der Waals surface area contributed by atoms with Crippen molar-refractivity contribution in [2.45, 2.75) is 38.5 Å². The van der Waals surface area contributed by atoms with E-state index in [1.807, 2.05) is 6.07 Å². The van der Waals surface area contributed by atoms with E-state index in [9.17, 15) is 4.79 Å². The number of nitrogens with one attached hydrogen (secondary N) is 3. The molecule has 2 aromatic rings. The third kappa shape index (κ3) is 4.71. The number of aromatic amines is 1. The molecule has 0 unspecified atom stereocenters. The van der Waals surface area contributed by atoms with Gasteiger partial charge in [0.1, 0.15) is 0 Å². The van der Waals surface area contributed by atoms with E-state index in [1.54, 1.807) is 0 Å². The van der Waals surface area contributed by atoms with E-state index in [2.05, 4.69) is 46.1 Å². The number of H-pyrrole nitrogens is 1. The Labute approximate surface area is 143 Å². The first kappa shape index (κ1) is 16.8. The molecule has 1 amide bonds. The Kier molecular flexibility index (Phi) is 6.07. The van der Waals surface area contributed by atoms with Gasteiger partial charge in [-0.05, 0) is 56.7 Å². The average Bonchev–Trinajstić information content (AvgIpc) is 3.03. The van der Waals surface area contributed by atoms with Crippen LogP contribution in [0.3, 0.4) is 0 Å². The topological polar surface area (TPSA) is 56.9 Å². The highest BCUT2D eigenvalue weighted by Crippen LogP contribution is 2.19. The lowest BCUT2D eigenvalue weighted by atomic mass is 9.97. The Morgan fingerprint density at radius 2 is 2.04 bits per heavy atom. The molecule has 0 aliphatic heterocycles. The molecule has 128 valence electrons. The summed E-state index contributed by atoms with van der Waals surface area (Å²) >= 11 is 0. The van der Waals surface area contributed by atoms with E-state index in [1.165, 1.54) is 47.7 Å². The van der Waals surface area contributed by atoms with Gasteiger partial charge < -0.3 is 15.6 Å². The zero-order chi connectivity index (χ0) is 16.6. The minimum Gasteiger partial charge on any atom is -0.361 e. The molecule has 0 bridgehead atoms. The van der Waals surface area contributed by atoms with E-state index in [-0.39, 0.29) is 5.91 Å². The van der Waals surface area contributed by atoms with Gasteiger partial charge in [0.05, 0.1) is 6.54 Å². The maximum absolute atomic E-state index is 11.9. The van der Waals surface area contributed by atoms with Crippen molar-refractivity contribution < 1.29 is 4.79 Å². The summed E-state index contributed by atoms with van der Waals surface area (Å²) in [7, 11) is 0. The number of carbonyl (C=O) groups excluding carboxylic acids is 1. The predicted octanol–water partition coefficient (Wildman–Crippen LogP) is 3.31. The molecule has 24 heavy (non-hydrogen) atoms. The third-order valence-corrected chi connectivity index (χ3v) is 4.68. The molecule has 0 saturated heterocycles. The van der Waals surface area contributed by atoms with Gasteiger partial charge in [-0.15, -0.1) is 0 Å². The highest BCUT2D eigenvalue weighted by Gasteiger charge is 2.06. The van der Waals surface area contributed by atoms with Crippen LogP contribution in [-0.4, -0.2) is 30.5 Å². The largest absolute Gasteiger partial charge is 0.361 e. The molecule has 1 heterocycles. The maximum atomic E-state index is 11.9. The second-order valence-electron chi connectivity index (χ2n) is 6.49. The normalized spacial score (nSPS) is 14.6. The molecule has 1 aliphatic rings. The minimum absolute atomic E-state index is 0.0883. The van der Waals surface area contributed by atoms with Crippen molar-refractivity contribution in [3.05, 3.63) is 47.7 Å². The van der Waals surface area contributed by atoms with Crippen LogP contribution < -0.4 is 10.6 Å². The fourth-order valence-corrected chi connectivity index (χ4v) is 3.32. The molecule has 0 spiro atoms. The van der Waals surface area contributed by atoms with E-state index >= 15 is 0 Å². The number of rotatable bonds is 8. The van der Waals surface area contributed by atoms with Crippen LogP contribution in [0, 0.1) is 0 Å². The molecule has 4 nitrogen and oxygen atoms in total. The zero-order valence-corrected chi connectivity index (χ0v) is 14.2. The molecular weight excluding hydrogens is 298 g/mol. The summed E-state index contributed by atoms with van der Waals surface area (Å²) in [6, 6.07) is 8.31. The summed E-state index contributed by atoms with van der Waals surface area (Å²) in [5.41, 5.74) is 3.97.